The Balaban J connectivity index is 1.52. The minimum Gasteiger partial charge on any atom is -0.326 e. The third-order valence-corrected chi connectivity index (χ3v) is 4.82. The maximum atomic E-state index is 11.4. The van der Waals surface area contributed by atoms with Crippen molar-refractivity contribution in [2.75, 3.05) is 18.4 Å². The molecule has 1 amide bonds. The van der Waals surface area contributed by atoms with Gasteiger partial charge in [0.05, 0.1) is 0 Å². The number of nitrogens with zero attached hydrogens (tertiary/aromatic N) is 1. The molecule has 1 saturated heterocycles. The molecule has 0 bridgehead atoms. The Labute approximate surface area is 144 Å². The third kappa shape index (κ3) is 4.45. The Bertz CT molecular complexity index is 643. The smallest absolute Gasteiger partial charge is 0.224 e. The molecule has 24 heavy (non-hydrogen) atoms. The first-order chi connectivity index (χ1) is 11.7. The molecule has 3 rings (SSSR count). The van der Waals surface area contributed by atoms with E-state index in [1.165, 1.54) is 24.0 Å². The van der Waals surface area contributed by atoms with E-state index >= 15 is 0 Å². The molecule has 1 aliphatic rings. The van der Waals surface area contributed by atoms with Crippen LogP contribution in [0.15, 0.2) is 54.6 Å². The van der Waals surface area contributed by atoms with Crippen molar-refractivity contribution < 1.29 is 4.79 Å². The van der Waals surface area contributed by atoms with Crippen LogP contribution >= 0.6 is 0 Å². The highest BCUT2D eigenvalue weighted by Gasteiger charge is 2.20. The van der Waals surface area contributed by atoms with E-state index in [1.54, 1.807) is 0 Å². The van der Waals surface area contributed by atoms with Crippen LogP contribution in [0.25, 0.3) is 0 Å². The summed E-state index contributed by atoms with van der Waals surface area (Å²) in [6, 6.07) is 19.1. The van der Waals surface area contributed by atoms with Gasteiger partial charge in [-0.25, -0.2) is 0 Å². The van der Waals surface area contributed by atoms with Gasteiger partial charge in [0, 0.05) is 18.7 Å². The summed E-state index contributed by atoms with van der Waals surface area (Å²) in [5, 5.41) is 2.91. The van der Waals surface area contributed by atoms with Crippen LogP contribution in [0, 0.1) is 0 Å². The Morgan fingerprint density at radius 2 is 1.71 bits per heavy atom. The van der Waals surface area contributed by atoms with Crippen LogP contribution in [0.1, 0.15) is 43.2 Å². The van der Waals surface area contributed by atoms with Crippen LogP contribution in [0.3, 0.4) is 0 Å². The molecule has 126 valence electrons. The molecule has 0 unspecified atom stereocenters. The quantitative estimate of drug-likeness (QED) is 0.884. The number of hydrogen-bond acceptors (Lipinski definition) is 2. The molecule has 0 saturated carbocycles. The van der Waals surface area contributed by atoms with Gasteiger partial charge in [0.2, 0.25) is 5.91 Å². The number of piperidine rings is 1. The monoisotopic (exact) mass is 322 g/mol. The summed E-state index contributed by atoms with van der Waals surface area (Å²) in [6.45, 7) is 5.21. The van der Waals surface area contributed by atoms with Crippen molar-refractivity contribution in [3.63, 3.8) is 0 Å². The fourth-order valence-corrected chi connectivity index (χ4v) is 3.35. The Morgan fingerprint density at radius 1 is 1.04 bits per heavy atom. The largest absolute Gasteiger partial charge is 0.326 e. The fraction of sp³-hybridized carbons (Fsp3) is 0.381. The summed E-state index contributed by atoms with van der Waals surface area (Å²) < 4.78 is 0. The van der Waals surface area contributed by atoms with E-state index in [0.29, 0.717) is 12.3 Å². The van der Waals surface area contributed by atoms with Gasteiger partial charge in [-0.2, -0.15) is 0 Å². The standard InChI is InChI=1S/C21H26N2O/c1-2-21(24)22-20-10-8-18(9-11-20)19-12-14-23(15-13-19)16-17-6-4-3-5-7-17/h3-11,19H,2,12-16H2,1H3,(H,22,24). The summed E-state index contributed by atoms with van der Waals surface area (Å²) in [5.74, 6) is 0.699. The predicted molar refractivity (Wildman–Crippen MR) is 99.1 cm³/mol. The Kier molecular flexibility index (Phi) is 5.65. The van der Waals surface area contributed by atoms with Gasteiger partial charge in [-0.1, -0.05) is 49.4 Å². The predicted octanol–water partition coefficient (Wildman–Crippen LogP) is 4.41. The second-order valence-electron chi connectivity index (χ2n) is 6.56. The summed E-state index contributed by atoms with van der Waals surface area (Å²) in [5.41, 5.74) is 3.68. The van der Waals surface area contributed by atoms with Crippen LogP contribution < -0.4 is 5.32 Å². The number of carbonyl (C=O) groups is 1. The summed E-state index contributed by atoms with van der Waals surface area (Å²) in [4.78, 5) is 14.0. The molecular formula is C21H26N2O. The zero-order valence-corrected chi connectivity index (χ0v) is 14.4. The average Bonchev–Trinajstić information content (AvgIpc) is 2.64. The highest BCUT2D eigenvalue weighted by Crippen LogP contribution is 2.29. The maximum Gasteiger partial charge on any atom is 0.224 e. The summed E-state index contributed by atoms with van der Waals surface area (Å²) in [6.07, 6.45) is 2.92. The van der Waals surface area contributed by atoms with E-state index in [2.05, 4.69) is 52.7 Å². The van der Waals surface area contributed by atoms with Gasteiger partial charge >= 0.3 is 0 Å². The number of carbonyl (C=O) groups excluding carboxylic acids is 1. The van der Waals surface area contributed by atoms with Crippen LogP contribution in [0.4, 0.5) is 5.69 Å². The van der Waals surface area contributed by atoms with Crippen LogP contribution in [-0.4, -0.2) is 23.9 Å². The van der Waals surface area contributed by atoms with E-state index < -0.39 is 0 Å². The number of benzene rings is 2. The van der Waals surface area contributed by atoms with E-state index in [4.69, 9.17) is 0 Å². The zero-order chi connectivity index (χ0) is 16.8. The van der Waals surface area contributed by atoms with Gasteiger partial charge in [0.1, 0.15) is 0 Å². The minimum atomic E-state index is 0.0666. The molecule has 3 nitrogen and oxygen atoms in total. The molecular weight excluding hydrogens is 296 g/mol. The van der Waals surface area contributed by atoms with Gasteiger partial charge < -0.3 is 5.32 Å². The lowest BCUT2D eigenvalue weighted by atomic mass is 9.89. The summed E-state index contributed by atoms with van der Waals surface area (Å²) in [7, 11) is 0. The van der Waals surface area contributed by atoms with E-state index in [9.17, 15) is 4.79 Å². The van der Waals surface area contributed by atoms with E-state index in [-0.39, 0.29) is 5.91 Å². The van der Waals surface area contributed by atoms with Crippen molar-refractivity contribution in [1.29, 1.82) is 0 Å². The van der Waals surface area contributed by atoms with Crippen molar-refractivity contribution in [2.45, 2.75) is 38.6 Å². The summed E-state index contributed by atoms with van der Waals surface area (Å²) >= 11 is 0. The maximum absolute atomic E-state index is 11.4. The van der Waals surface area contributed by atoms with Gasteiger partial charge in [-0.15, -0.1) is 0 Å². The highest BCUT2D eigenvalue weighted by atomic mass is 16.1. The van der Waals surface area contributed by atoms with E-state index in [1.807, 2.05) is 19.1 Å². The molecule has 0 aromatic heterocycles. The minimum absolute atomic E-state index is 0.0666. The first-order valence-corrected chi connectivity index (χ1v) is 8.90. The second-order valence-corrected chi connectivity index (χ2v) is 6.56. The molecule has 0 spiro atoms. The molecule has 1 N–H and O–H groups in total. The molecule has 1 fully saturated rings. The van der Waals surface area contributed by atoms with Gasteiger partial charge in [-0.3, -0.25) is 9.69 Å². The van der Waals surface area contributed by atoms with Crippen LogP contribution in [-0.2, 0) is 11.3 Å². The van der Waals surface area contributed by atoms with Gasteiger partial charge in [0.15, 0.2) is 0 Å². The first kappa shape index (κ1) is 16.7. The Morgan fingerprint density at radius 3 is 2.33 bits per heavy atom. The van der Waals surface area contributed by atoms with Crippen molar-refractivity contribution in [3.8, 4) is 0 Å². The zero-order valence-electron chi connectivity index (χ0n) is 14.4. The Hall–Kier alpha value is -2.13. The van der Waals surface area contributed by atoms with Crippen LogP contribution in [0.2, 0.25) is 0 Å². The first-order valence-electron chi connectivity index (χ1n) is 8.90. The topological polar surface area (TPSA) is 32.3 Å². The number of likely N-dealkylation sites (tertiary alicyclic amines) is 1. The van der Waals surface area contributed by atoms with Gasteiger partial charge in [0.25, 0.3) is 0 Å². The number of amides is 1. The fourth-order valence-electron chi connectivity index (χ4n) is 3.35. The van der Waals surface area contributed by atoms with Crippen molar-refractivity contribution in [1.82, 2.24) is 4.90 Å². The lowest BCUT2D eigenvalue weighted by molar-refractivity contribution is -0.115. The molecule has 3 heteroatoms. The molecule has 1 aliphatic heterocycles. The highest BCUT2D eigenvalue weighted by molar-refractivity contribution is 5.90. The molecule has 2 aromatic carbocycles. The molecule has 0 atom stereocenters. The normalized spacial score (nSPS) is 16.0. The van der Waals surface area contributed by atoms with Crippen LogP contribution in [0.5, 0.6) is 0 Å². The number of anilines is 1. The van der Waals surface area contributed by atoms with E-state index in [0.717, 1.165) is 25.3 Å². The molecule has 1 heterocycles. The second kappa shape index (κ2) is 8.11. The van der Waals surface area contributed by atoms with Crippen molar-refractivity contribution >= 4 is 11.6 Å². The number of nitrogens with one attached hydrogen (secondary N) is 1. The SMILES string of the molecule is CCC(=O)Nc1ccc(C2CCN(Cc3ccccc3)CC2)cc1. The van der Waals surface area contributed by atoms with Crippen molar-refractivity contribution in [2.24, 2.45) is 0 Å². The van der Waals surface area contributed by atoms with Gasteiger partial charge in [-0.05, 0) is 55.1 Å². The lowest BCUT2D eigenvalue weighted by Gasteiger charge is -2.32. The average molecular weight is 322 g/mol. The number of hydrogen-bond donors (Lipinski definition) is 1. The third-order valence-electron chi connectivity index (χ3n) is 4.82. The van der Waals surface area contributed by atoms with Crippen molar-refractivity contribution in [3.05, 3.63) is 65.7 Å². The molecule has 2 aromatic rings. The number of rotatable bonds is 5. The lowest BCUT2D eigenvalue weighted by Crippen LogP contribution is -2.32. The molecule has 0 aliphatic carbocycles. The molecule has 0 radical (unpaired) electrons.